The van der Waals surface area contributed by atoms with Gasteiger partial charge in [-0.25, -0.2) is 9.97 Å². The van der Waals surface area contributed by atoms with E-state index in [4.69, 9.17) is 4.74 Å². The number of benzene rings is 1. The van der Waals surface area contributed by atoms with Gasteiger partial charge in [0.1, 0.15) is 5.75 Å². The summed E-state index contributed by atoms with van der Waals surface area (Å²) in [4.78, 5) is 21.3. The van der Waals surface area contributed by atoms with Crippen molar-refractivity contribution >= 4 is 5.97 Å². The molecule has 0 bridgehead atoms. The second kappa shape index (κ2) is 11.5. The van der Waals surface area contributed by atoms with Gasteiger partial charge < -0.3 is 4.74 Å². The zero-order valence-corrected chi connectivity index (χ0v) is 16.9. The van der Waals surface area contributed by atoms with Gasteiger partial charge in [-0.1, -0.05) is 46.5 Å². The van der Waals surface area contributed by atoms with Crippen LogP contribution in [0.2, 0.25) is 0 Å². The summed E-state index contributed by atoms with van der Waals surface area (Å²) in [7, 11) is 0. The van der Waals surface area contributed by atoms with Crippen LogP contribution in [-0.2, 0) is 11.2 Å². The van der Waals surface area contributed by atoms with E-state index in [0.29, 0.717) is 11.6 Å². The second-order valence-corrected chi connectivity index (χ2v) is 7.09. The fourth-order valence-electron chi connectivity index (χ4n) is 3.16. The van der Waals surface area contributed by atoms with E-state index in [1.165, 1.54) is 24.8 Å². The molecular formula is C23H32N2O2. The smallest absolute Gasteiger partial charge is 0.314 e. The summed E-state index contributed by atoms with van der Waals surface area (Å²) >= 11 is 0. The minimum atomic E-state index is -0.126. The Balaban J connectivity index is 1.97. The van der Waals surface area contributed by atoms with E-state index in [1.54, 1.807) is 0 Å². The van der Waals surface area contributed by atoms with Crippen molar-refractivity contribution in [2.45, 2.75) is 72.1 Å². The number of unbranched alkanes of at least 4 members (excludes halogenated alkanes) is 2. The number of carbonyl (C=O) groups is 1. The van der Waals surface area contributed by atoms with E-state index >= 15 is 0 Å². The number of aryl methyl sites for hydroxylation is 1. The van der Waals surface area contributed by atoms with Crippen molar-refractivity contribution in [2.24, 2.45) is 5.92 Å². The van der Waals surface area contributed by atoms with Crippen LogP contribution in [0, 0.1) is 5.92 Å². The van der Waals surface area contributed by atoms with Crippen LogP contribution in [-0.4, -0.2) is 15.9 Å². The van der Waals surface area contributed by atoms with Gasteiger partial charge in [0.15, 0.2) is 5.82 Å². The molecule has 0 fully saturated rings. The van der Waals surface area contributed by atoms with Crippen LogP contribution in [0.1, 0.15) is 71.3 Å². The number of carbonyl (C=O) groups excluding carboxylic acids is 1. The fourth-order valence-corrected chi connectivity index (χ4v) is 3.16. The lowest BCUT2D eigenvalue weighted by molar-refractivity contribution is -0.139. The van der Waals surface area contributed by atoms with E-state index in [2.05, 4.69) is 30.7 Å². The first-order valence-electron chi connectivity index (χ1n) is 10.3. The van der Waals surface area contributed by atoms with Gasteiger partial charge in [-0.15, -0.1) is 0 Å². The first kappa shape index (κ1) is 21.1. The van der Waals surface area contributed by atoms with Gasteiger partial charge in [-0.3, -0.25) is 4.79 Å². The SMILES string of the molecule is CCCCCc1cnc(-c2ccc(OC(=O)C(CCC)CCC)cc2)nc1. The van der Waals surface area contributed by atoms with Gasteiger partial charge in [0, 0.05) is 18.0 Å². The van der Waals surface area contributed by atoms with Gasteiger partial charge in [-0.2, -0.15) is 0 Å². The summed E-state index contributed by atoms with van der Waals surface area (Å²) in [5.74, 6) is 1.14. The van der Waals surface area contributed by atoms with Crippen LogP contribution in [0.3, 0.4) is 0 Å². The Morgan fingerprint density at radius 3 is 2.11 bits per heavy atom. The summed E-state index contributed by atoms with van der Waals surface area (Å²) in [6.45, 7) is 6.40. The van der Waals surface area contributed by atoms with Crippen molar-refractivity contribution in [3.8, 4) is 17.1 Å². The van der Waals surface area contributed by atoms with Crippen molar-refractivity contribution in [1.29, 1.82) is 0 Å². The Labute approximate surface area is 163 Å². The average Bonchev–Trinajstić information content (AvgIpc) is 2.69. The van der Waals surface area contributed by atoms with Gasteiger partial charge in [0.05, 0.1) is 5.92 Å². The van der Waals surface area contributed by atoms with Gasteiger partial charge in [0.25, 0.3) is 0 Å². The zero-order chi connectivity index (χ0) is 19.5. The minimum absolute atomic E-state index is 0.0109. The molecule has 27 heavy (non-hydrogen) atoms. The molecule has 1 heterocycles. The summed E-state index contributed by atoms with van der Waals surface area (Å²) in [5.41, 5.74) is 2.10. The fraction of sp³-hybridized carbons (Fsp3) is 0.522. The Hall–Kier alpha value is -2.23. The maximum Gasteiger partial charge on any atom is 0.314 e. The molecule has 2 aromatic rings. The Bertz CT molecular complexity index is 675. The molecule has 4 heteroatoms. The molecule has 0 N–H and O–H groups in total. The summed E-state index contributed by atoms with van der Waals surface area (Å²) in [5, 5.41) is 0. The molecule has 4 nitrogen and oxygen atoms in total. The summed E-state index contributed by atoms with van der Waals surface area (Å²) < 4.78 is 5.57. The molecule has 2 rings (SSSR count). The number of rotatable bonds is 11. The highest BCUT2D eigenvalue weighted by molar-refractivity contribution is 5.75. The van der Waals surface area contributed by atoms with Gasteiger partial charge in [0.2, 0.25) is 0 Å². The summed E-state index contributed by atoms with van der Waals surface area (Å²) in [6, 6.07) is 7.45. The van der Waals surface area contributed by atoms with Crippen LogP contribution in [0.25, 0.3) is 11.4 Å². The maximum atomic E-state index is 12.3. The van der Waals surface area contributed by atoms with E-state index in [1.807, 2.05) is 36.7 Å². The quantitative estimate of drug-likeness (QED) is 0.277. The molecule has 1 aromatic carbocycles. The number of ether oxygens (including phenoxy) is 1. The predicted molar refractivity (Wildman–Crippen MR) is 110 cm³/mol. The summed E-state index contributed by atoms with van der Waals surface area (Å²) in [6.07, 6.45) is 12.2. The largest absolute Gasteiger partial charge is 0.426 e. The third-order valence-electron chi connectivity index (χ3n) is 4.71. The third kappa shape index (κ3) is 6.78. The molecule has 146 valence electrons. The highest BCUT2D eigenvalue weighted by Crippen LogP contribution is 2.22. The van der Waals surface area contributed by atoms with Crippen molar-refractivity contribution in [1.82, 2.24) is 9.97 Å². The first-order chi connectivity index (χ1) is 13.2. The molecule has 0 saturated heterocycles. The van der Waals surface area contributed by atoms with Crippen molar-refractivity contribution in [3.05, 3.63) is 42.2 Å². The van der Waals surface area contributed by atoms with E-state index in [0.717, 1.165) is 37.7 Å². The molecule has 0 aliphatic heterocycles. The standard InChI is InChI=1S/C23H32N2O2/c1-4-7-8-11-18-16-24-22(25-17-18)19-12-14-21(15-13-19)27-23(26)20(9-5-2)10-6-3/h12-17,20H,4-11H2,1-3H3. The monoisotopic (exact) mass is 368 g/mol. The predicted octanol–water partition coefficient (Wildman–Crippen LogP) is 6.00. The normalized spacial score (nSPS) is 11.0. The Morgan fingerprint density at radius 1 is 0.926 bits per heavy atom. The molecule has 0 atom stereocenters. The van der Waals surface area contributed by atoms with Crippen LogP contribution in [0.4, 0.5) is 0 Å². The van der Waals surface area contributed by atoms with Crippen LogP contribution >= 0.6 is 0 Å². The molecule has 0 aliphatic rings. The molecule has 0 spiro atoms. The Kier molecular flexibility index (Phi) is 8.96. The average molecular weight is 369 g/mol. The molecular weight excluding hydrogens is 336 g/mol. The molecule has 0 unspecified atom stereocenters. The van der Waals surface area contributed by atoms with Gasteiger partial charge in [-0.05, 0) is 55.5 Å². The number of esters is 1. The third-order valence-corrected chi connectivity index (χ3v) is 4.71. The van der Waals surface area contributed by atoms with Crippen molar-refractivity contribution in [2.75, 3.05) is 0 Å². The van der Waals surface area contributed by atoms with Crippen molar-refractivity contribution < 1.29 is 9.53 Å². The first-order valence-corrected chi connectivity index (χ1v) is 10.3. The molecule has 0 aliphatic carbocycles. The second-order valence-electron chi connectivity index (χ2n) is 7.09. The minimum Gasteiger partial charge on any atom is -0.426 e. The van der Waals surface area contributed by atoms with Crippen LogP contribution < -0.4 is 4.74 Å². The van der Waals surface area contributed by atoms with E-state index in [9.17, 15) is 4.79 Å². The molecule has 0 amide bonds. The topological polar surface area (TPSA) is 52.1 Å². The lowest BCUT2D eigenvalue weighted by atomic mass is 9.99. The number of hydrogen-bond donors (Lipinski definition) is 0. The van der Waals surface area contributed by atoms with E-state index < -0.39 is 0 Å². The van der Waals surface area contributed by atoms with Crippen LogP contribution in [0.15, 0.2) is 36.7 Å². The lowest BCUT2D eigenvalue weighted by Gasteiger charge is -2.14. The highest BCUT2D eigenvalue weighted by Gasteiger charge is 2.18. The maximum absolute atomic E-state index is 12.3. The number of aromatic nitrogens is 2. The van der Waals surface area contributed by atoms with E-state index in [-0.39, 0.29) is 11.9 Å². The van der Waals surface area contributed by atoms with Crippen LogP contribution in [0.5, 0.6) is 5.75 Å². The number of nitrogens with zero attached hydrogens (tertiary/aromatic N) is 2. The lowest BCUT2D eigenvalue weighted by Crippen LogP contribution is -2.20. The Morgan fingerprint density at radius 2 is 1.56 bits per heavy atom. The van der Waals surface area contributed by atoms with Gasteiger partial charge >= 0.3 is 5.97 Å². The molecule has 0 saturated carbocycles. The number of hydrogen-bond acceptors (Lipinski definition) is 4. The van der Waals surface area contributed by atoms with Crippen molar-refractivity contribution in [3.63, 3.8) is 0 Å². The highest BCUT2D eigenvalue weighted by atomic mass is 16.5. The zero-order valence-electron chi connectivity index (χ0n) is 16.9. The molecule has 0 radical (unpaired) electrons. The molecule has 1 aromatic heterocycles.